The lowest BCUT2D eigenvalue weighted by Crippen LogP contribution is -2.13. The van der Waals surface area contributed by atoms with Gasteiger partial charge in [0.25, 0.3) is 0 Å². The number of nitrogens with zero attached hydrogens (tertiary/aromatic N) is 7. The van der Waals surface area contributed by atoms with Gasteiger partial charge in [-0.1, -0.05) is 55.5 Å². The van der Waals surface area contributed by atoms with Crippen molar-refractivity contribution in [2.45, 2.75) is 40.2 Å². The molecular formula is C37H34N8. The lowest BCUT2D eigenvalue weighted by molar-refractivity contribution is 0.765. The van der Waals surface area contributed by atoms with Crippen LogP contribution in [0.15, 0.2) is 140 Å². The fourth-order valence-corrected chi connectivity index (χ4v) is 5.05. The van der Waals surface area contributed by atoms with Crippen LogP contribution in [0, 0.1) is 13.8 Å². The highest BCUT2D eigenvalue weighted by atomic mass is 15.1. The van der Waals surface area contributed by atoms with Crippen molar-refractivity contribution in [2.75, 3.05) is 5.32 Å². The molecule has 0 fully saturated rings. The molecule has 0 saturated heterocycles. The Hall–Kier alpha value is -5.63. The summed E-state index contributed by atoms with van der Waals surface area (Å²) in [5.74, 6) is 0. The standard InChI is InChI=1S/C37H34N8/c1-5-26(4)39-32-16-17-33(29-13-7-6-12-28(29)32)41-42-34-18-19-35(31-15-9-8-14-30(31)34)43-45-37-22-24(2)36(21-25(37)3)44-40-27-11-10-20-38-23-27/h6-23,26,39H,5H2,1-4H3/b42-41+,44-40+,45-43+. The average molecular weight is 591 g/mol. The van der Waals surface area contributed by atoms with Gasteiger partial charge >= 0.3 is 0 Å². The molecule has 8 heteroatoms. The minimum absolute atomic E-state index is 0.379. The number of hydrogen-bond acceptors (Lipinski definition) is 8. The fourth-order valence-electron chi connectivity index (χ4n) is 5.05. The topological polar surface area (TPSA) is 99.1 Å². The minimum atomic E-state index is 0.379. The van der Waals surface area contributed by atoms with Gasteiger partial charge in [0.1, 0.15) is 5.69 Å². The van der Waals surface area contributed by atoms with E-state index in [4.69, 9.17) is 10.2 Å². The summed E-state index contributed by atoms with van der Waals surface area (Å²) in [5.41, 5.74) is 7.63. The summed E-state index contributed by atoms with van der Waals surface area (Å²) in [4.78, 5) is 4.08. The molecule has 0 aliphatic rings. The van der Waals surface area contributed by atoms with Crippen LogP contribution in [0.1, 0.15) is 31.4 Å². The molecule has 0 saturated carbocycles. The van der Waals surface area contributed by atoms with E-state index in [2.05, 4.69) is 68.9 Å². The highest BCUT2D eigenvalue weighted by molar-refractivity contribution is 6.02. The second kappa shape index (κ2) is 13.3. The summed E-state index contributed by atoms with van der Waals surface area (Å²) >= 11 is 0. The van der Waals surface area contributed by atoms with Crippen LogP contribution < -0.4 is 5.32 Å². The largest absolute Gasteiger partial charge is 0.382 e. The Morgan fingerprint density at radius 1 is 0.578 bits per heavy atom. The van der Waals surface area contributed by atoms with E-state index >= 15 is 0 Å². The number of rotatable bonds is 9. The van der Waals surface area contributed by atoms with Crippen LogP contribution in [0.25, 0.3) is 21.5 Å². The predicted molar refractivity (Wildman–Crippen MR) is 184 cm³/mol. The first-order valence-electron chi connectivity index (χ1n) is 15.1. The second-order valence-electron chi connectivity index (χ2n) is 11.0. The molecule has 0 bridgehead atoms. The van der Waals surface area contributed by atoms with Crippen LogP contribution in [0.2, 0.25) is 0 Å². The highest BCUT2D eigenvalue weighted by Gasteiger charge is 2.10. The number of aryl methyl sites for hydroxylation is 2. The zero-order valence-electron chi connectivity index (χ0n) is 25.8. The molecule has 1 aromatic heterocycles. The Bertz CT molecular complexity index is 2070. The summed E-state index contributed by atoms with van der Waals surface area (Å²) < 4.78 is 0. The number of benzene rings is 5. The van der Waals surface area contributed by atoms with Gasteiger partial charge in [-0.05, 0) is 86.8 Å². The molecule has 222 valence electrons. The van der Waals surface area contributed by atoms with Crippen molar-refractivity contribution in [3.05, 3.63) is 121 Å². The monoisotopic (exact) mass is 590 g/mol. The quantitative estimate of drug-likeness (QED) is 0.169. The first-order valence-corrected chi connectivity index (χ1v) is 15.1. The molecule has 0 aliphatic carbocycles. The summed E-state index contributed by atoms with van der Waals surface area (Å²) in [7, 11) is 0. The third-order valence-electron chi connectivity index (χ3n) is 7.76. The maximum atomic E-state index is 4.71. The zero-order chi connectivity index (χ0) is 31.2. The van der Waals surface area contributed by atoms with E-state index in [0.717, 1.165) is 73.2 Å². The van der Waals surface area contributed by atoms with Crippen LogP contribution >= 0.6 is 0 Å². The third kappa shape index (κ3) is 6.65. The fraction of sp³-hybridized carbons (Fsp3) is 0.162. The SMILES string of the molecule is CCC(C)Nc1ccc(/N=N/c2ccc(/N=N/c3cc(C)c(/N=N/c4cccnc4)cc3C)c3ccccc23)c2ccccc12. The number of fused-ring (bicyclic) bond motifs is 2. The summed E-state index contributed by atoms with van der Waals surface area (Å²) in [6.07, 6.45) is 4.43. The lowest BCUT2D eigenvalue weighted by atomic mass is 10.1. The van der Waals surface area contributed by atoms with Crippen molar-refractivity contribution in [2.24, 2.45) is 30.7 Å². The Balaban J connectivity index is 1.28. The van der Waals surface area contributed by atoms with Gasteiger partial charge in [0.05, 0.1) is 34.6 Å². The number of anilines is 1. The molecule has 1 N–H and O–H groups in total. The molecule has 1 unspecified atom stereocenters. The van der Waals surface area contributed by atoms with E-state index in [1.54, 1.807) is 12.4 Å². The summed E-state index contributed by atoms with van der Waals surface area (Å²) in [6, 6.07) is 32.4. The molecule has 45 heavy (non-hydrogen) atoms. The van der Waals surface area contributed by atoms with Gasteiger partial charge in [0.15, 0.2) is 0 Å². The molecule has 5 aromatic carbocycles. The van der Waals surface area contributed by atoms with Crippen molar-refractivity contribution in [3.63, 3.8) is 0 Å². The average Bonchev–Trinajstić information content (AvgIpc) is 3.08. The molecule has 8 nitrogen and oxygen atoms in total. The molecule has 0 radical (unpaired) electrons. The molecule has 6 aromatic rings. The smallest absolute Gasteiger partial charge is 0.104 e. The van der Waals surface area contributed by atoms with E-state index in [1.165, 1.54) is 0 Å². The highest BCUT2D eigenvalue weighted by Crippen LogP contribution is 2.38. The number of aromatic nitrogens is 1. The normalized spacial score (nSPS) is 12.6. The van der Waals surface area contributed by atoms with Gasteiger partial charge in [-0.2, -0.15) is 10.2 Å². The molecule has 6 rings (SSSR count). The summed E-state index contributed by atoms with van der Waals surface area (Å²) in [6.45, 7) is 8.35. The Morgan fingerprint density at radius 2 is 1.07 bits per heavy atom. The van der Waals surface area contributed by atoms with Crippen molar-refractivity contribution in [3.8, 4) is 0 Å². The van der Waals surface area contributed by atoms with E-state index < -0.39 is 0 Å². The van der Waals surface area contributed by atoms with Crippen LogP contribution in [0.3, 0.4) is 0 Å². The molecule has 1 heterocycles. The van der Waals surface area contributed by atoms with Crippen molar-refractivity contribution >= 4 is 61.4 Å². The first kappa shape index (κ1) is 29.4. The first-order chi connectivity index (χ1) is 22.0. The van der Waals surface area contributed by atoms with Gasteiger partial charge in [-0.15, -0.1) is 20.5 Å². The maximum absolute atomic E-state index is 4.71. The van der Waals surface area contributed by atoms with Gasteiger partial charge < -0.3 is 5.32 Å². The van der Waals surface area contributed by atoms with Crippen molar-refractivity contribution in [1.29, 1.82) is 0 Å². The Labute approximate surface area is 262 Å². The number of azo groups is 3. The number of hydrogen-bond donors (Lipinski definition) is 1. The van der Waals surface area contributed by atoms with E-state index in [-0.39, 0.29) is 0 Å². The zero-order valence-corrected chi connectivity index (χ0v) is 25.8. The van der Waals surface area contributed by atoms with Crippen LogP contribution in [0.5, 0.6) is 0 Å². The second-order valence-corrected chi connectivity index (χ2v) is 11.0. The molecule has 0 amide bonds. The van der Waals surface area contributed by atoms with Crippen LogP contribution in [0.4, 0.5) is 39.8 Å². The van der Waals surface area contributed by atoms with E-state index in [0.29, 0.717) is 11.7 Å². The van der Waals surface area contributed by atoms with E-state index in [1.807, 2.05) is 86.6 Å². The molecule has 0 spiro atoms. The van der Waals surface area contributed by atoms with Crippen molar-refractivity contribution in [1.82, 2.24) is 4.98 Å². The molecular weight excluding hydrogens is 556 g/mol. The molecule has 1 atom stereocenters. The number of nitrogens with one attached hydrogen (secondary N) is 1. The Morgan fingerprint density at radius 3 is 1.60 bits per heavy atom. The summed E-state index contributed by atoms with van der Waals surface area (Å²) in [5, 5.41) is 35.1. The lowest BCUT2D eigenvalue weighted by Gasteiger charge is -2.15. The predicted octanol–water partition coefficient (Wildman–Crippen LogP) is 12.5. The van der Waals surface area contributed by atoms with Gasteiger partial charge in [-0.3, -0.25) is 4.98 Å². The van der Waals surface area contributed by atoms with Crippen molar-refractivity contribution < 1.29 is 0 Å². The van der Waals surface area contributed by atoms with E-state index in [9.17, 15) is 0 Å². The van der Waals surface area contributed by atoms with Crippen LogP contribution in [-0.4, -0.2) is 11.0 Å². The third-order valence-corrected chi connectivity index (χ3v) is 7.76. The maximum Gasteiger partial charge on any atom is 0.104 e. The van der Waals surface area contributed by atoms with Gasteiger partial charge in [0.2, 0.25) is 0 Å². The minimum Gasteiger partial charge on any atom is -0.382 e. The molecule has 0 aliphatic heterocycles. The van der Waals surface area contributed by atoms with Gasteiger partial charge in [-0.25, -0.2) is 0 Å². The van der Waals surface area contributed by atoms with Crippen LogP contribution in [-0.2, 0) is 0 Å². The number of pyridine rings is 1. The Kier molecular flexibility index (Phi) is 8.73. The van der Waals surface area contributed by atoms with Gasteiger partial charge in [0, 0.05) is 39.5 Å².